The quantitative estimate of drug-likeness (QED) is 0.268. The van der Waals surface area contributed by atoms with Crippen LogP contribution in [0.5, 0.6) is 5.75 Å². The summed E-state index contributed by atoms with van der Waals surface area (Å²) in [6.45, 7) is 7.98. The second-order valence-corrected chi connectivity index (χ2v) is 11.8. The van der Waals surface area contributed by atoms with Crippen LogP contribution >= 0.6 is 34.7 Å². The summed E-state index contributed by atoms with van der Waals surface area (Å²) in [6.07, 6.45) is 2.39. The van der Waals surface area contributed by atoms with Gasteiger partial charge in [0.05, 0.1) is 18.4 Å². The summed E-state index contributed by atoms with van der Waals surface area (Å²) >= 11 is 9.02. The Hall–Kier alpha value is -2.56. The van der Waals surface area contributed by atoms with Gasteiger partial charge in [-0.25, -0.2) is 4.79 Å². The molecule has 1 aromatic carbocycles. The molecule has 0 aliphatic heterocycles. The van der Waals surface area contributed by atoms with Crippen LogP contribution in [0.2, 0.25) is 5.02 Å². The largest absolute Gasteiger partial charge is 0.483 e. The summed E-state index contributed by atoms with van der Waals surface area (Å²) in [6, 6.07) is 3.79. The van der Waals surface area contributed by atoms with Crippen molar-refractivity contribution in [1.82, 2.24) is 14.8 Å². The molecule has 8 nitrogen and oxygen atoms in total. The number of methoxy groups -OCH3 is 1. The maximum absolute atomic E-state index is 12.8. The summed E-state index contributed by atoms with van der Waals surface area (Å²) < 4.78 is 12.9. The Morgan fingerprint density at radius 1 is 1.30 bits per heavy atom. The zero-order valence-corrected chi connectivity index (χ0v) is 24.2. The van der Waals surface area contributed by atoms with Crippen molar-refractivity contribution >= 4 is 51.6 Å². The van der Waals surface area contributed by atoms with E-state index in [1.165, 1.54) is 30.2 Å². The first-order chi connectivity index (χ1) is 17.6. The zero-order valence-electron chi connectivity index (χ0n) is 21.8. The van der Waals surface area contributed by atoms with Gasteiger partial charge in [0.2, 0.25) is 5.91 Å². The van der Waals surface area contributed by atoms with E-state index in [0.29, 0.717) is 33.2 Å². The van der Waals surface area contributed by atoms with E-state index in [0.717, 1.165) is 45.9 Å². The van der Waals surface area contributed by atoms with Crippen molar-refractivity contribution in [3.8, 4) is 5.75 Å². The topological polar surface area (TPSA) is 95.3 Å². The smallest absolute Gasteiger partial charge is 0.341 e. The molecule has 0 saturated carbocycles. The van der Waals surface area contributed by atoms with Gasteiger partial charge in [0.25, 0.3) is 0 Å². The Labute approximate surface area is 230 Å². The molecule has 3 aromatic rings. The highest BCUT2D eigenvalue weighted by Crippen LogP contribution is 2.40. The molecule has 1 N–H and O–H groups in total. The summed E-state index contributed by atoms with van der Waals surface area (Å²) in [5, 5.41) is 13.3. The first-order valence-electron chi connectivity index (χ1n) is 12.1. The molecule has 0 fully saturated rings. The number of rotatable bonds is 8. The molecule has 37 heavy (non-hydrogen) atoms. The predicted octanol–water partition coefficient (Wildman–Crippen LogP) is 5.93. The molecular weight excluding hydrogens is 532 g/mol. The number of anilines is 1. The van der Waals surface area contributed by atoms with E-state index in [9.17, 15) is 9.59 Å². The summed E-state index contributed by atoms with van der Waals surface area (Å²) in [5.74, 6) is 1.39. The van der Waals surface area contributed by atoms with Crippen molar-refractivity contribution < 1.29 is 19.1 Å². The maximum Gasteiger partial charge on any atom is 0.341 e. The maximum atomic E-state index is 12.8. The van der Waals surface area contributed by atoms with E-state index in [1.54, 1.807) is 0 Å². The molecule has 1 aliphatic carbocycles. The van der Waals surface area contributed by atoms with Crippen LogP contribution in [-0.4, -0.2) is 39.5 Å². The van der Waals surface area contributed by atoms with Crippen LogP contribution < -0.4 is 10.1 Å². The van der Waals surface area contributed by atoms with Gasteiger partial charge in [-0.05, 0) is 74.8 Å². The summed E-state index contributed by atoms with van der Waals surface area (Å²) in [7, 11) is 3.21. The van der Waals surface area contributed by atoms with Gasteiger partial charge in [-0.15, -0.1) is 21.5 Å². The van der Waals surface area contributed by atoms with Gasteiger partial charge in [-0.1, -0.05) is 30.3 Å². The van der Waals surface area contributed by atoms with Crippen LogP contribution in [0.4, 0.5) is 5.00 Å². The fourth-order valence-corrected chi connectivity index (χ4v) is 6.73. The predicted molar refractivity (Wildman–Crippen MR) is 147 cm³/mol. The number of fused-ring (bicyclic) bond motifs is 1. The number of esters is 1. The molecule has 2 aromatic heterocycles. The molecule has 0 saturated heterocycles. The van der Waals surface area contributed by atoms with Crippen molar-refractivity contribution in [2.24, 2.45) is 13.0 Å². The van der Waals surface area contributed by atoms with E-state index in [1.807, 2.05) is 44.5 Å². The fraction of sp³-hybridized carbons (Fsp3) is 0.462. The van der Waals surface area contributed by atoms with Crippen LogP contribution in [0.1, 0.15) is 64.1 Å². The molecule has 0 radical (unpaired) electrons. The van der Waals surface area contributed by atoms with E-state index in [-0.39, 0.29) is 17.8 Å². The van der Waals surface area contributed by atoms with Crippen LogP contribution in [0.15, 0.2) is 17.3 Å². The van der Waals surface area contributed by atoms with Gasteiger partial charge in [0.15, 0.2) is 17.1 Å². The molecule has 2 unspecified atom stereocenters. The van der Waals surface area contributed by atoms with Crippen molar-refractivity contribution in [3.05, 3.63) is 50.1 Å². The number of halogens is 1. The number of ether oxygens (including phenoxy) is 2. The fourth-order valence-electron chi connectivity index (χ4n) is 4.49. The minimum Gasteiger partial charge on any atom is -0.483 e. The number of aromatic nitrogens is 3. The van der Waals surface area contributed by atoms with Crippen molar-refractivity contribution in [2.45, 2.75) is 58.2 Å². The van der Waals surface area contributed by atoms with E-state index in [4.69, 9.17) is 21.1 Å². The second kappa shape index (κ2) is 11.4. The molecule has 11 heteroatoms. The van der Waals surface area contributed by atoms with Crippen molar-refractivity contribution in [2.75, 3.05) is 18.2 Å². The molecule has 0 spiro atoms. The summed E-state index contributed by atoms with van der Waals surface area (Å²) in [4.78, 5) is 26.5. The van der Waals surface area contributed by atoms with E-state index >= 15 is 0 Å². The minimum atomic E-state index is -0.409. The highest BCUT2D eigenvalue weighted by Gasteiger charge is 2.29. The number of carbonyl (C=O) groups excluding carboxylic acids is 2. The highest BCUT2D eigenvalue weighted by atomic mass is 35.5. The standard InChI is InChI=1S/C26H31ClN4O4S2/c1-13-7-8-18-19(9-13)37-24(21(18)25(33)34-6)28-20(32)12-36-26-30-29-23(31(26)5)16(4)35-17-10-14(2)22(27)15(3)11-17/h10-11,13,16H,7-9,12H2,1-6H3,(H,28,32). The van der Waals surface area contributed by atoms with Crippen LogP contribution in [-0.2, 0) is 29.4 Å². The molecule has 198 valence electrons. The number of aryl methyl sites for hydroxylation is 2. The number of hydrogen-bond donors (Lipinski definition) is 1. The number of benzene rings is 1. The number of hydrogen-bond acceptors (Lipinski definition) is 8. The lowest BCUT2D eigenvalue weighted by molar-refractivity contribution is -0.113. The monoisotopic (exact) mass is 562 g/mol. The third-order valence-electron chi connectivity index (χ3n) is 6.44. The number of thiophene rings is 1. The summed E-state index contributed by atoms with van der Waals surface area (Å²) in [5.41, 5.74) is 3.39. The van der Waals surface area contributed by atoms with Gasteiger partial charge in [0, 0.05) is 16.9 Å². The number of nitrogens with one attached hydrogen (secondary N) is 1. The molecular formula is C26H31ClN4O4S2. The third-order valence-corrected chi connectivity index (χ3v) is 9.23. The molecule has 1 aliphatic rings. The van der Waals surface area contributed by atoms with Crippen LogP contribution in [0, 0.1) is 19.8 Å². The van der Waals surface area contributed by atoms with Crippen molar-refractivity contribution in [1.29, 1.82) is 0 Å². The Morgan fingerprint density at radius 2 is 2.00 bits per heavy atom. The molecule has 0 bridgehead atoms. The lowest BCUT2D eigenvalue weighted by atomic mass is 9.88. The van der Waals surface area contributed by atoms with Gasteiger partial charge >= 0.3 is 5.97 Å². The lowest BCUT2D eigenvalue weighted by Crippen LogP contribution is -2.17. The normalized spacial score (nSPS) is 15.7. The first kappa shape index (κ1) is 27.5. The van der Waals surface area contributed by atoms with Crippen LogP contribution in [0.3, 0.4) is 0 Å². The number of thioether (sulfide) groups is 1. The average Bonchev–Trinajstić information content (AvgIpc) is 3.39. The Kier molecular flexibility index (Phi) is 8.50. The van der Waals surface area contributed by atoms with Gasteiger partial charge < -0.3 is 19.4 Å². The van der Waals surface area contributed by atoms with Gasteiger partial charge in [-0.2, -0.15) is 0 Å². The van der Waals surface area contributed by atoms with Gasteiger partial charge in [0.1, 0.15) is 10.8 Å². The Morgan fingerprint density at radius 3 is 2.68 bits per heavy atom. The van der Waals surface area contributed by atoms with E-state index in [2.05, 4.69) is 22.4 Å². The minimum absolute atomic E-state index is 0.121. The van der Waals surface area contributed by atoms with E-state index < -0.39 is 5.97 Å². The molecule has 4 rings (SSSR count). The van der Waals surface area contributed by atoms with Crippen molar-refractivity contribution in [3.63, 3.8) is 0 Å². The highest BCUT2D eigenvalue weighted by molar-refractivity contribution is 7.99. The van der Waals surface area contributed by atoms with Crippen LogP contribution in [0.25, 0.3) is 0 Å². The molecule has 2 heterocycles. The molecule has 2 atom stereocenters. The lowest BCUT2D eigenvalue weighted by Gasteiger charge is -2.18. The average molecular weight is 563 g/mol. The third kappa shape index (κ3) is 5.97. The number of nitrogens with zero attached hydrogens (tertiary/aromatic N) is 3. The Bertz CT molecular complexity index is 1310. The Balaban J connectivity index is 1.41. The molecule has 1 amide bonds. The number of amides is 1. The SMILES string of the molecule is COC(=O)c1c(NC(=O)CSc2nnc(C(C)Oc3cc(C)c(Cl)c(C)c3)n2C)sc2c1CCC(C)C2. The first-order valence-corrected chi connectivity index (χ1v) is 14.2. The number of carbonyl (C=O) groups is 2. The second-order valence-electron chi connectivity index (χ2n) is 9.42. The van der Waals surface area contributed by atoms with Gasteiger partial charge in [-0.3, -0.25) is 4.79 Å². The zero-order chi connectivity index (χ0) is 26.9.